The summed E-state index contributed by atoms with van der Waals surface area (Å²) in [6.07, 6.45) is -4.71. The molecule has 2 fully saturated rings. The predicted molar refractivity (Wildman–Crippen MR) is 172 cm³/mol. The topological polar surface area (TPSA) is 79.6 Å². The molecule has 2 atom stereocenters. The van der Waals surface area contributed by atoms with E-state index >= 15 is 0 Å². The van der Waals surface area contributed by atoms with Crippen molar-refractivity contribution in [1.29, 1.82) is 0 Å². The van der Waals surface area contributed by atoms with Gasteiger partial charge in [0.05, 0.1) is 12.8 Å². The molecule has 6 rings (SSSR count). The molecule has 1 aromatic heterocycles. The zero-order valence-electron chi connectivity index (χ0n) is 25.4. The minimum Gasteiger partial charge on any atom is -0.496 e. The third-order valence-corrected chi connectivity index (χ3v) is 8.64. The number of carbonyl (C=O) groups is 1. The molecular weight excluding hydrogens is 642 g/mol. The van der Waals surface area contributed by atoms with Crippen molar-refractivity contribution < 1.29 is 22.7 Å². The number of nitrogens with zero attached hydrogens (tertiary/aromatic N) is 7. The number of aromatic nitrogens is 4. The first-order valence-corrected chi connectivity index (χ1v) is 14.6. The van der Waals surface area contributed by atoms with Crippen molar-refractivity contribution in [2.75, 3.05) is 39.8 Å². The number of alkyl halides is 3. The van der Waals surface area contributed by atoms with Crippen molar-refractivity contribution in [3.63, 3.8) is 0 Å². The summed E-state index contributed by atoms with van der Waals surface area (Å²) in [4.78, 5) is 19.2. The van der Waals surface area contributed by atoms with Crippen LogP contribution >= 0.6 is 24.8 Å². The van der Waals surface area contributed by atoms with Crippen LogP contribution in [0.5, 0.6) is 5.75 Å². The number of piperazine rings is 2. The standard InChI is InChI=1S/C32H34F3N7O2.2ClH/c1-22(43)40-15-16-41-27(20-40)19-39(21-28(41)30(23-9-5-3-6-10-23)24-11-7-4-8-12-24)18-25-17-26(13-14-29(25)44-2)42-31(32(33,34)35)36-37-38-42;;/h3-14,17,27-28,30H,15-16,18-21H2,1-2H3;2*1H/t27-,28+;;/m0../s1. The van der Waals surface area contributed by atoms with Crippen LogP contribution in [0.15, 0.2) is 78.9 Å². The summed E-state index contributed by atoms with van der Waals surface area (Å²) in [5.74, 6) is -0.513. The fourth-order valence-corrected chi connectivity index (χ4v) is 6.68. The highest BCUT2D eigenvalue weighted by Crippen LogP contribution is 2.37. The molecule has 0 unspecified atom stereocenters. The van der Waals surface area contributed by atoms with Gasteiger partial charge in [0.25, 0.3) is 5.82 Å². The van der Waals surface area contributed by atoms with Crippen molar-refractivity contribution >= 4 is 30.7 Å². The van der Waals surface area contributed by atoms with E-state index in [4.69, 9.17) is 4.74 Å². The van der Waals surface area contributed by atoms with Crippen LogP contribution in [0.25, 0.3) is 5.69 Å². The van der Waals surface area contributed by atoms with Crippen molar-refractivity contribution in [2.45, 2.75) is 37.6 Å². The zero-order valence-corrected chi connectivity index (χ0v) is 27.0. The van der Waals surface area contributed by atoms with Crippen LogP contribution in [-0.2, 0) is 17.5 Å². The highest BCUT2D eigenvalue weighted by molar-refractivity contribution is 5.85. The number of methoxy groups -OCH3 is 1. The van der Waals surface area contributed by atoms with Crippen LogP contribution in [0.4, 0.5) is 13.2 Å². The van der Waals surface area contributed by atoms with E-state index < -0.39 is 12.0 Å². The number of benzene rings is 3. The molecule has 2 aliphatic heterocycles. The number of hydrogen-bond acceptors (Lipinski definition) is 7. The summed E-state index contributed by atoms with van der Waals surface area (Å²) in [5.41, 5.74) is 3.32. The molecule has 0 N–H and O–H groups in total. The Labute approximate surface area is 278 Å². The Hall–Kier alpha value is -3.71. The van der Waals surface area contributed by atoms with E-state index in [0.29, 0.717) is 43.2 Å². The first kappa shape index (κ1) is 35.1. The Balaban J connectivity index is 0.00000240. The number of halogens is 5. The zero-order chi connectivity index (χ0) is 30.8. The first-order chi connectivity index (χ1) is 21.2. The maximum atomic E-state index is 13.6. The van der Waals surface area contributed by atoms with E-state index in [1.165, 1.54) is 17.2 Å². The molecule has 2 saturated heterocycles. The monoisotopic (exact) mass is 677 g/mol. The van der Waals surface area contributed by atoms with Crippen LogP contribution < -0.4 is 4.74 Å². The second kappa shape index (κ2) is 14.8. The van der Waals surface area contributed by atoms with E-state index in [1.54, 1.807) is 26.2 Å². The fraction of sp³-hybridized carbons (Fsp3) is 0.375. The quantitative estimate of drug-likeness (QED) is 0.270. The van der Waals surface area contributed by atoms with Gasteiger partial charge in [-0.15, -0.1) is 29.9 Å². The molecule has 9 nitrogen and oxygen atoms in total. The molecule has 3 aromatic carbocycles. The number of carbonyl (C=O) groups excluding carboxylic acids is 1. The third kappa shape index (κ3) is 7.30. The Bertz CT molecular complexity index is 1550. The van der Waals surface area contributed by atoms with Crippen LogP contribution in [-0.4, -0.2) is 92.7 Å². The van der Waals surface area contributed by atoms with Crippen LogP contribution in [0.2, 0.25) is 0 Å². The molecule has 246 valence electrons. The largest absolute Gasteiger partial charge is 0.496 e. The van der Waals surface area contributed by atoms with Crippen molar-refractivity contribution in [3.8, 4) is 11.4 Å². The number of ether oxygens (including phenoxy) is 1. The molecule has 0 aliphatic carbocycles. The Kier molecular flexibility index (Phi) is 11.3. The maximum Gasteiger partial charge on any atom is 0.453 e. The number of fused-ring (bicyclic) bond motifs is 1. The van der Waals surface area contributed by atoms with Crippen molar-refractivity contribution in [3.05, 3.63) is 101 Å². The second-order valence-electron chi connectivity index (χ2n) is 11.3. The number of hydrogen-bond donors (Lipinski definition) is 0. The lowest BCUT2D eigenvalue weighted by Crippen LogP contribution is -2.67. The predicted octanol–water partition coefficient (Wildman–Crippen LogP) is 5.08. The fourth-order valence-electron chi connectivity index (χ4n) is 6.68. The van der Waals surface area contributed by atoms with Gasteiger partial charge in [0.1, 0.15) is 5.75 Å². The SMILES string of the molecule is COc1ccc(-n2nnnc2C(F)(F)F)cc1CN1C[C@H]2CN(C(C)=O)CCN2[C@@H](C(c2ccccc2)c2ccccc2)C1.Cl.Cl. The van der Waals surface area contributed by atoms with E-state index in [1.807, 2.05) is 17.0 Å². The molecule has 0 spiro atoms. The van der Waals surface area contributed by atoms with Gasteiger partial charge in [0, 0.05) is 69.8 Å². The second-order valence-corrected chi connectivity index (χ2v) is 11.3. The average Bonchev–Trinajstić information content (AvgIpc) is 3.53. The molecule has 46 heavy (non-hydrogen) atoms. The Morgan fingerprint density at radius 2 is 1.59 bits per heavy atom. The summed E-state index contributed by atoms with van der Waals surface area (Å²) in [7, 11) is 1.55. The van der Waals surface area contributed by atoms with Gasteiger partial charge >= 0.3 is 6.18 Å². The van der Waals surface area contributed by atoms with E-state index in [-0.39, 0.29) is 54.4 Å². The summed E-state index contributed by atoms with van der Waals surface area (Å²) in [6.45, 7) is 5.46. The van der Waals surface area contributed by atoms with Crippen LogP contribution in [0.3, 0.4) is 0 Å². The lowest BCUT2D eigenvalue weighted by atomic mass is 9.81. The Morgan fingerprint density at radius 3 is 2.17 bits per heavy atom. The summed E-state index contributed by atoms with van der Waals surface area (Å²) >= 11 is 0. The normalized spacial score (nSPS) is 18.8. The van der Waals surface area contributed by atoms with Gasteiger partial charge in [0.15, 0.2) is 0 Å². The van der Waals surface area contributed by atoms with Gasteiger partial charge in [-0.3, -0.25) is 14.6 Å². The van der Waals surface area contributed by atoms with E-state index in [0.717, 1.165) is 12.1 Å². The molecule has 3 heterocycles. The molecule has 0 radical (unpaired) electrons. The number of amides is 1. The minimum absolute atomic E-state index is 0. The van der Waals surface area contributed by atoms with E-state index in [9.17, 15) is 18.0 Å². The molecule has 0 saturated carbocycles. The molecular formula is C32H36Cl2F3N7O2. The average molecular weight is 679 g/mol. The van der Waals surface area contributed by atoms with Gasteiger partial charge < -0.3 is 9.64 Å². The molecule has 1 amide bonds. The molecule has 4 aromatic rings. The summed E-state index contributed by atoms with van der Waals surface area (Å²) in [5, 5.41) is 10.1. The molecule has 14 heteroatoms. The lowest BCUT2D eigenvalue weighted by Gasteiger charge is -2.53. The van der Waals surface area contributed by atoms with Crippen molar-refractivity contribution in [2.24, 2.45) is 0 Å². The Morgan fingerprint density at radius 1 is 0.935 bits per heavy atom. The van der Waals surface area contributed by atoms with E-state index in [2.05, 4.69) is 73.9 Å². The smallest absolute Gasteiger partial charge is 0.453 e. The van der Waals surface area contributed by atoms with Gasteiger partial charge in [-0.2, -0.15) is 17.9 Å². The van der Waals surface area contributed by atoms with Gasteiger partial charge in [-0.1, -0.05) is 60.7 Å². The highest BCUT2D eigenvalue weighted by atomic mass is 35.5. The summed E-state index contributed by atoms with van der Waals surface area (Å²) < 4.78 is 47.2. The lowest BCUT2D eigenvalue weighted by molar-refractivity contribution is -0.146. The third-order valence-electron chi connectivity index (χ3n) is 8.64. The summed E-state index contributed by atoms with van der Waals surface area (Å²) in [6, 6.07) is 25.9. The van der Waals surface area contributed by atoms with Gasteiger partial charge in [-0.05, 0) is 39.8 Å². The highest BCUT2D eigenvalue weighted by Gasteiger charge is 2.43. The van der Waals surface area contributed by atoms with Gasteiger partial charge in [-0.25, -0.2) is 0 Å². The first-order valence-electron chi connectivity index (χ1n) is 14.6. The number of rotatable bonds is 7. The maximum absolute atomic E-state index is 13.6. The van der Waals surface area contributed by atoms with Crippen LogP contribution in [0, 0.1) is 0 Å². The minimum atomic E-state index is -4.71. The molecule has 0 bridgehead atoms. The van der Waals surface area contributed by atoms with Gasteiger partial charge in [0.2, 0.25) is 5.91 Å². The number of tetrazole rings is 1. The van der Waals surface area contributed by atoms with Crippen LogP contribution in [0.1, 0.15) is 35.4 Å². The van der Waals surface area contributed by atoms with Crippen molar-refractivity contribution in [1.82, 2.24) is 34.9 Å². The molecule has 2 aliphatic rings.